The summed E-state index contributed by atoms with van der Waals surface area (Å²) in [5.74, 6) is 0.110. The van der Waals surface area contributed by atoms with E-state index in [1.807, 2.05) is 6.07 Å². The van der Waals surface area contributed by atoms with Gasteiger partial charge in [-0.25, -0.2) is 4.68 Å². The summed E-state index contributed by atoms with van der Waals surface area (Å²) in [5, 5.41) is 14.3. The Bertz CT molecular complexity index is 836. The summed E-state index contributed by atoms with van der Waals surface area (Å²) in [6.45, 7) is 0. The molecule has 0 atom stereocenters. The maximum atomic E-state index is 12.4. The van der Waals surface area contributed by atoms with Crippen molar-refractivity contribution in [2.45, 2.75) is 0 Å². The first kappa shape index (κ1) is 15.0. The Balaban J connectivity index is 1.85. The molecule has 8 heteroatoms. The minimum atomic E-state index is -0.299. The Labute approximate surface area is 136 Å². The van der Waals surface area contributed by atoms with Gasteiger partial charge in [0.25, 0.3) is 5.91 Å². The number of hydrogen-bond acceptors (Lipinski definition) is 5. The maximum absolute atomic E-state index is 12.4. The standard InChI is InChI=1S/C15H12ClN5O2/c1-23-14-7-10(16)5-6-13(14)15(22)18-11-3-2-4-12(8-11)21-9-17-19-20-21/h2-9H,1H3,(H,18,22). The van der Waals surface area contributed by atoms with Gasteiger partial charge in [-0.15, -0.1) is 5.10 Å². The molecular formula is C15H12ClN5O2. The fraction of sp³-hybridized carbons (Fsp3) is 0.0667. The Hall–Kier alpha value is -2.93. The van der Waals surface area contributed by atoms with Crippen LogP contribution in [0.4, 0.5) is 5.69 Å². The van der Waals surface area contributed by atoms with Gasteiger partial charge in [-0.05, 0) is 46.8 Å². The van der Waals surface area contributed by atoms with Crippen LogP contribution in [-0.4, -0.2) is 33.2 Å². The summed E-state index contributed by atoms with van der Waals surface area (Å²) in [6.07, 6.45) is 1.48. The minimum Gasteiger partial charge on any atom is -0.496 e. The summed E-state index contributed by atoms with van der Waals surface area (Å²) >= 11 is 5.91. The molecule has 3 aromatic rings. The second-order valence-electron chi connectivity index (χ2n) is 4.60. The first-order chi connectivity index (χ1) is 11.2. The van der Waals surface area contributed by atoms with Gasteiger partial charge >= 0.3 is 0 Å². The van der Waals surface area contributed by atoms with E-state index in [2.05, 4.69) is 20.8 Å². The SMILES string of the molecule is COc1cc(Cl)ccc1C(=O)Nc1cccc(-n2cnnn2)c1. The van der Waals surface area contributed by atoms with Gasteiger partial charge in [0.1, 0.15) is 12.1 Å². The third kappa shape index (κ3) is 3.29. The van der Waals surface area contributed by atoms with Gasteiger partial charge in [0.15, 0.2) is 0 Å². The molecule has 116 valence electrons. The third-order valence-electron chi connectivity index (χ3n) is 3.13. The maximum Gasteiger partial charge on any atom is 0.259 e. The van der Waals surface area contributed by atoms with Crippen molar-refractivity contribution in [2.75, 3.05) is 12.4 Å². The number of rotatable bonds is 4. The van der Waals surface area contributed by atoms with Gasteiger partial charge in [-0.2, -0.15) is 0 Å². The van der Waals surface area contributed by atoms with Gasteiger partial charge in [0.05, 0.1) is 18.4 Å². The van der Waals surface area contributed by atoms with Crippen molar-refractivity contribution in [3.8, 4) is 11.4 Å². The summed E-state index contributed by atoms with van der Waals surface area (Å²) in [6, 6.07) is 12.0. The van der Waals surface area contributed by atoms with Crippen LogP contribution in [-0.2, 0) is 0 Å². The van der Waals surface area contributed by atoms with Crippen LogP contribution in [0, 0.1) is 0 Å². The number of methoxy groups -OCH3 is 1. The van der Waals surface area contributed by atoms with E-state index in [0.29, 0.717) is 22.0 Å². The number of amides is 1. The number of anilines is 1. The lowest BCUT2D eigenvalue weighted by molar-refractivity contribution is 0.102. The number of carbonyl (C=O) groups excluding carboxylic acids is 1. The number of benzene rings is 2. The molecule has 0 fully saturated rings. The minimum absolute atomic E-state index is 0.299. The lowest BCUT2D eigenvalue weighted by Gasteiger charge is -2.10. The fourth-order valence-electron chi connectivity index (χ4n) is 2.06. The first-order valence-electron chi connectivity index (χ1n) is 6.65. The van der Waals surface area contributed by atoms with Crippen LogP contribution in [0.1, 0.15) is 10.4 Å². The Morgan fingerprint density at radius 3 is 2.87 bits per heavy atom. The van der Waals surface area contributed by atoms with Gasteiger partial charge < -0.3 is 10.1 Å². The average Bonchev–Trinajstić information content (AvgIpc) is 3.09. The van der Waals surface area contributed by atoms with Crippen molar-refractivity contribution < 1.29 is 9.53 Å². The van der Waals surface area contributed by atoms with Gasteiger partial charge in [0.2, 0.25) is 0 Å². The number of tetrazole rings is 1. The van der Waals surface area contributed by atoms with E-state index in [-0.39, 0.29) is 5.91 Å². The van der Waals surface area contributed by atoms with E-state index in [4.69, 9.17) is 16.3 Å². The number of nitrogens with one attached hydrogen (secondary N) is 1. The van der Waals surface area contributed by atoms with E-state index in [0.717, 1.165) is 5.69 Å². The number of hydrogen-bond donors (Lipinski definition) is 1. The molecule has 0 unspecified atom stereocenters. The molecule has 2 aromatic carbocycles. The quantitative estimate of drug-likeness (QED) is 0.795. The Morgan fingerprint density at radius 1 is 1.26 bits per heavy atom. The van der Waals surface area contributed by atoms with Crippen molar-refractivity contribution in [2.24, 2.45) is 0 Å². The molecule has 1 aromatic heterocycles. The highest BCUT2D eigenvalue weighted by molar-refractivity contribution is 6.31. The molecular weight excluding hydrogens is 318 g/mol. The predicted octanol–water partition coefficient (Wildman–Crippen LogP) is 2.58. The highest BCUT2D eigenvalue weighted by Crippen LogP contribution is 2.24. The monoisotopic (exact) mass is 329 g/mol. The van der Waals surface area contributed by atoms with Crippen molar-refractivity contribution in [1.29, 1.82) is 0 Å². The molecule has 1 N–H and O–H groups in total. The molecule has 7 nitrogen and oxygen atoms in total. The fourth-order valence-corrected chi connectivity index (χ4v) is 2.22. The van der Waals surface area contributed by atoms with Crippen LogP contribution >= 0.6 is 11.6 Å². The molecule has 1 heterocycles. The molecule has 3 rings (SSSR count). The lowest BCUT2D eigenvalue weighted by Crippen LogP contribution is -2.13. The van der Waals surface area contributed by atoms with Crippen molar-refractivity contribution in [3.05, 3.63) is 59.4 Å². The van der Waals surface area contributed by atoms with E-state index in [1.54, 1.807) is 36.4 Å². The van der Waals surface area contributed by atoms with E-state index >= 15 is 0 Å². The van der Waals surface area contributed by atoms with Crippen LogP contribution in [0.3, 0.4) is 0 Å². The Kier molecular flexibility index (Phi) is 4.20. The molecule has 0 saturated heterocycles. The normalized spacial score (nSPS) is 10.3. The summed E-state index contributed by atoms with van der Waals surface area (Å²) in [4.78, 5) is 12.4. The van der Waals surface area contributed by atoms with Gasteiger partial charge in [-0.3, -0.25) is 4.79 Å². The molecule has 1 amide bonds. The van der Waals surface area contributed by atoms with Crippen LogP contribution in [0.15, 0.2) is 48.8 Å². The summed E-state index contributed by atoms with van der Waals surface area (Å²) in [7, 11) is 1.49. The highest BCUT2D eigenvalue weighted by atomic mass is 35.5. The second-order valence-corrected chi connectivity index (χ2v) is 5.04. The smallest absolute Gasteiger partial charge is 0.259 e. The molecule has 0 aliphatic carbocycles. The number of aromatic nitrogens is 4. The number of nitrogens with zero attached hydrogens (tertiary/aromatic N) is 4. The molecule has 0 bridgehead atoms. The second kappa shape index (κ2) is 6.45. The van der Waals surface area contributed by atoms with Crippen molar-refractivity contribution >= 4 is 23.2 Å². The molecule has 23 heavy (non-hydrogen) atoms. The highest BCUT2D eigenvalue weighted by Gasteiger charge is 2.13. The zero-order chi connectivity index (χ0) is 16.2. The summed E-state index contributed by atoms with van der Waals surface area (Å²) in [5.41, 5.74) is 1.74. The topological polar surface area (TPSA) is 81.9 Å². The zero-order valence-electron chi connectivity index (χ0n) is 12.1. The van der Waals surface area contributed by atoms with Gasteiger partial charge in [-0.1, -0.05) is 17.7 Å². The molecule has 0 saturated carbocycles. The van der Waals surface area contributed by atoms with E-state index in [9.17, 15) is 4.79 Å². The number of halogens is 1. The Morgan fingerprint density at radius 2 is 2.13 bits per heavy atom. The van der Waals surface area contributed by atoms with E-state index in [1.165, 1.54) is 18.1 Å². The number of ether oxygens (including phenoxy) is 1. The average molecular weight is 330 g/mol. The van der Waals surface area contributed by atoms with Crippen LogP contribution in [0.2, 0.25) is 5.02 Å². The van der Waals surface area contributed by atoms with Crippen LogP contribution in [0.5, 0.6) is 5.75 Å². The molecule has 0 aliphatic heterocycles. The van der Waals surface area contributed by atoms with Gasteiger partial charge in [0, 0.05) is 10.7 Å². The largest absolute Gasteiger partial charge is 0.496 e. The van der Waals surface area contributed by atoms with Crippen LogP contribution in [0.25, 0.3) is 5.69 Å². The van der Waals surface area contributed by atoms with Crippen molar-refractivity contribution in [3.63, 3.8) is 0 Å². The first-order valence-corrected chi connectivity index (χ1v) is 7.03. The summed E-state index contributed by atoms with van der Waals surface area (Å²) < 4.78 is 6.69. The van der Waals surface area contributed by atoms with Crippen molar-refractivity contribution in [1.82, 2.24) is 20.2 Å². The van der Waals surface area contributed by atoms with Crippen LogP contribution < -0.4 is 10.1 Å². The third-order valence-corrected chi connectivity index (χ3v) is 3.36. The zero-order valence-corrected chi connectivity index (χ0v) is 12.9. The lowest BCUT2D eigenvalue weighted by atomic mass is 10.1. The number of carbonyl (C=O) groups is 1. The molecule has 0 aliphatic rings. The van der Waals surface area contributed by atoms with E-state index < -0.39 is 0 Å². The molecule has 0 radical (unpaired) electrons. The predicted molar refractivity (Wildman–Crippen MR) is 85.1 cm³/mol. The molecule has 0 spiro atoms.